The van der Waals surface area contributed by atoms with Gasteiger partial charge in [0.15, 0.2) is 11.6 Å². The van der Waals surface area contributed by atoms with E-state index in [2.05, 4.69) is 41.5 Å². The summed E-state index contributed by atoms with van der Waals surface area (Å²) >= 11 is 15.3. The van der Waals surface area contributed by atoms with Gasteiger partial charge in [0.25, 0.3) is 0 Å². The Morgan fingerprint density at radius 2 is 1.58 bits per heavy atom. The molecule has 0 spiro atoms. The highest BCUT2D eigenvalue weighted by Gasteiger charge is 2.10. The second kappa shape index (κ2) is 7.21. The molecule has 0 fully saturated rings. The van der Waals surface area contributed by atoms with Crippen LogP contribution in [0.2, 0.25) is 10.0 Å². The Kier molecular flexibility index (Phi) is 5.03. The summed E-state index contributed by atoms with van der Waals surface area (Å²) in [6.07, 6.45) is 3.07. The third-order valence-electron chi connectivity index (χ3n) is 2.98. The number of benzene rings is 1. The molecule has 3 aromatic rings. The highest BCUT2D eigenvalue weighted by Crippen LogP contribution is 2.30. The quantitative estimate of drug-likeness (QED) is 0.544. The van der Waals surface area contributed by atoms with Gasteiger partial charge in [0, 0.05) is 26.4 Å². The van der Waals surface area contributed by atoms with Crippen molar-refractivity contribution >= 4 is 68.0 Å². The summed E-state index contributed by atoms with van der Waals surface area (Å²) in [6, 6.07) is 8.75. The minimum Gasteiger partial charge on any atom is -0.393 e. The molecule has 0 atom stereocenters. The van der Waals surface area contributed by atoms with E-state index in [-0.39, 0.29) is 0 Å². The van der Waals surface area contributed by atoms with Crippen LogP contribution in [0.4, 0.5) is 28.8 Å². The van der Waals surface area contributed by atoms with Crippen LogP contribution in [0.3, 0.4) is 0 Å². The van der Waals surface area contributed by atoms with Crippen molar-refractivity contribution in [3.8, 4) is 0 Å². The fourth-order valence-electron chi connectivity index (χ4n) is 1.93. The Morgan fingerprint density at radius 3 is 2.21 bits per heavy atom. The fraction of sp³-hybridized carbons (Fsp3) is 0. The molecule has 0 radical (unpaired) electrons. The number of nitrogens with zero attached hydrogens (tertiary/aromatic N) is 3. The average molecular weight is 426 g/mol. The summed E-state index contributed by atoms with van der Waals surface area (Å²) in [4.78, 5) is 12.5. The minimum absolute atomic E-state index is 0.346. The lowest BCUT2D eigenvalue weighted by Crippen LogP contribution is -2.05. The van der Waals surface area contributed by atoms with E-state index in [4.69, 9.17) is 28.9 Å². The van der Waals surface area contributed by atoms with E-state index in [1.807, 2.05) is 6.07 Å². The first-order valence-corrected chi connectivity index (χ1v) is 8.28. The second-order valence-corrected chi connectivity index (χ2v) is 6.54. The Balaban J connectivity index is 1.86. The molecule has 0 aliphatic heterocycles. The van der Waals surface area contributed by atoms with Gasteiger partial charge < -0.3 is 16.4 Å². The number of hydrogen-bond acceptors (Lipinski definition) is 6. The molecular weight excluding hydrogens is 415 g/mol. The van der Waals surface area contributed by atoms with Gasteiger partial charge in [-0.3, -0.25) is 0 Å². The van der Waals surface area contributed by atoms with E-state index in [0.717, 1.165) is 4.47 Å². The number of nitrogens with two attached hydrogens (primary N) is 1. The number of anilines is 5. The van der Waals surface area contributed by atoms with Gasteiger partial charge in [0.1, 0.15) is 17.8 Å². The summed E-state index contributed by atoms with van der Waals surface area (Å²) in [5.74, 6) is 1.48. The van der Waals surface area contributed by atoms with Crippen LogP contribution in [0.5, 0.6) is 0 Å². The zero-order valence-electron chi connectivity index (χ0n) is 12.1. The van der Waals surface area contributed by atoms with Crippen LogP contribution < -0.4 is 16.4 Å². The molecule has 2 heterocycles. The third kappa shape index (κ3) is 4.05. The molecule has 24 heavy (non-hydrogen) atoms. The van der Waals surface area contributed by atoms with Gasteiger partial charge in [-0.25, -0.2) is 15.0 Å². The molecule has 0 aliphatic rings. The lowest BCUT2D eigenvalue weighted by molar-refractivity contribution is 1.16. The molecule has 6 nitrogen and oxygen atoms in total. The predicted octanol–water partition coefficient (Wildman–Crippen LogP) is 5.01. The lowest BCUT2D eigenvalue weighted by atomic mass is 10.3. The standard InChI is InChI=1S/C15H11BrCl2N6/c16-8-1-2-12(20-6-8)24-15-13(19)14(21-7-22-15)23-11-4-9(17)3-10(18)5-11/h1-7H,19H2,(H2,20,21,22,23,24). The average Bonchev–Trinajstić information content (AvgIpc) is 2.52. The van der Waals surface area contributed by atoms with Crippen LogP contribution in [0.15, 0.2) is 47.3 Å². The van der Waals surface area contributed by atoms with Crippen molar-refractivity contribution in [1.29, 1.82) is 0 Å². The van der Waals surface area contributed by atoms with Crippen LogP contribution in [0.25, 0.3) is 0 Å². The first kappa shape index (κ1) is 16.8. The van der Waals surface area contributed by atoms with Gasteiger partial charge in [0.2, 0.25) is 0 Å². The van der Waals surface area contributed by atoms with Crippen LogP contribution in [-0.4, -0.2) is 15.0 Å². The highest BCUT2D eigenvalue weighted by molar-refractivity contribution is 9.10. The maximum Gasteiger partial charge on any atom is 0.160 e. The summed E-state index contributed by atoms with van der Waals surface area (Å²) in [5, 5.41) is 7.14. The van der Waals surface area contributed by atoms with E-state index in [1.165, 1.54) is 6.33 Å². The number of hydrogen-bond donors (Lipinski definition) is 3. The van der Waals surface area contributed by atoms with Crippen molar-refractivity contribution in [1.82, 2.24) is 15.0 Å². The molecule has 0 saturated heterocycles. The number of nitrogens with one attached hydrogen (secondary N) is 2. The Bertz CT molecular complexity index is 852. The van der Waals surface area contributed by atoms with E-state index >= 15 is 0 Å². The van der Waals surface area contributed by atoms with Crippen molar-refractivity contribution in [3.63, 3.8) is 0 Å². The smallest absolute Gasteiger partial charge is 0.160 e. The van der Waals surface area contributed by atoms with Crippen LogP contribution >= 0.6 is 39.1 Å². The van der Waals surface area contributed by atoms with Gasteiger partial charge in [0.05, 0.1) is 0 Å². The molecular formula is C15H11BrCl2N6. The molecule has 2 aromatic heterocycles. The van der Waals surface area contributed by atoms with Crippen LogP contribution in [0, 0.1) is 0 Å². The number of aromatic nitrogens is 3. The molecule has 0 amide bonds. The SMILES string of the molecule is Nc1c(Nc2cc(Cl)cc(Cl)c2)ncnc1Nc1ccc(Br)cn1. The van der Waals surface area contributed by atoms with Gasteiger partial charge in [-0.1, -0.05) is 23.2 Å². The van der Waals surface area contributed by atoms with Gasteiger partial charge >= 0.3 is 0 Å². The zero-order valence-corrected chi connectivity index (χ0v) is 15.2. The van der Waals surface area contributed by atoms with Gasteiger partial charge in [-0.2, -0.15) is 0 Å². The molecule has 4 N–H and O–H groups in total. The molecule has 0 saturated carbocycles. The maximum absolute atomic E-state index is 6.13. The molecule has 0 aliphatic carbocycles. The highest BCUT2D eigenvalue weighted by atomic mass is 79.9. The molecule has 122 valence electrons. The molecule has 0 bridgehead atoms. The van der Waals surface area contributed by atoms with E-state index in [9.17, 15) is 0 Å². The van der Waals surface area contributed by atoms with Crippen molar-refractivity contribution < 1.29 is 0 Å². The maximum atomic E-state index is 6.13. The zero-order chi connectivity index (χ0) is 17.1. The lowest BCUT2D eigenvalue weighted by Gasteiger charge is -2.12. The van der Waals surface area contributed by atoms with Crippen molar-refractivity contribution in [2.45, 2.75) is 0 Å². The Labute approximate surface area is 156 Å². The Hall–Kier alpha value is -2.09. The Morgan fingerprint density at radius 1 is 0.917 bits per heavy atom. The monoisotopic (exact) mass is 424 g/mol. The fourth-order valence-corrected chi connectivity index (χ4v) is 2.69. The van der Waals surface area contributed by atoms with Crippen LogP contribution in [-0.2, 0) is 0 Å². The minimum atomic E-state index is 0.346. The normalized spacial score (nSPS) is 10.5. The molecule has 0 unspecified atom stereocenters. The number of nitrogen functional groups attached to an aromatic ring is 1. The largest absolute Gasteiger partial charge is 0.393 e. The molecule has 9 heteroatoms. The molecule has 3 rings (SSSR count). The molecule has 1 aromatic carbocycles. The summed E-state index contributed by atoms with van der Waals surface area (Å²) in [7, 11) is 0. The van der Waals surface area contributed by atoms with Crippen molar-refractivity contribution in [2.75, 3.05) is 16.4 Å². The summed E-state index contributed by atoms with van der Waals surface area (Å²) in [5.41, 5.74) is 7.15. The summed E-state index contributed by atoms with van der Waals surface area (Å²) < 4.78 is 0.879. The van der Waals surface area contributed by atoms with E-state index in [1.54, 1.807) is 30.5 Å². The third-order valence-corrected chi connectivity index (χ3v) is 3.89. The first-order chi connectivity index (χ1) is 11.5. The predicted molar refractivity (Wildman–Crippen MR) is 101 cm³/mol. The van der Waals surface area contributed by atoms with Crippen molar-refractivity contribution in [2.24, 2.45) is 0 Å². The van der Waals surface area contributed by atoms with Gasteiger partial charge in [-0.15, -0.1) is 0 Å². The van der Waals surface area contributed by atoms with Gasteiger partial charge in [-0.05, 0) is 46.3 Å². The summed E-state index contributed by atoms with van der Waals surface area (Å²) in [6.45, 7) is 0. The van der Waals surface area contributed by atoms with Crippen LogP contribution in [0.1, 0.15) is 0 Å². The van der Waals surface area contributed by atoms with E-state index < -0.39 is 0 Å². The van der Waals surface area contributed by atoms with Crippen molar-refractivity contribution in [3.05, 3.63) is 57.4 Å². The second-order valence-electron chi connectivity index (χ2n) is 4.75. The topological polar surface area (TPSA) is 88.8 Å². The number of pyridine rings is 1. The first-order valence-electron chi connectivity index (χ1n) is 6.73. The number of halogens is 3. The number of rotatable bonds is 4. The van der Waals surface area contributed by atoms with E-state index in [0.29, 0.717) is 38.9 Å².